The molecule has 0 aromatic carbocycles. The number of fused-ring (bicyclic) bond motifs is 1. The summed E-state index contributed by atoms with van der Waals surface area (Å²) in [5, 5.41) is 9.24. The molecule has 1 saturated carbocycles. The molecule has 3 nitrogen and oxygen atoms in total. The lowest BCUT2D eigenvalue weighted by atomic mass is 9.78. The zero-order valence-corrected chi connectivity index (χ0v) is 11.6. The van der Waals surface area contributed by atoms with Crippen molar-refractivity contribution < 1.29 is 9.90 Å². The maximum Gasteiger partial charge on any atom is 0.222 e. The summed E-state index contributed by atoms with van der Waals surface area (Å²) in [4.78, 5) is 14.4. The number of rotatable bonds is 4. The smallest absolute Gasteiger partial charge is 0.222 e. The average molecular weight is 253 g/mol. The number of carbonyl (C=O) groups excluding carboxylic acids is 1. The zero-order chi connectivity index (χ0) is 13.0. The van der Waals surface area contributed by atoms with Crippen LogP contribution in [-0.4, -0.2) is 34.6 Å². The van der Waals surface area contributed by atoms with E-state index in [9.17, 15) is 9.90 Å². The van der Waals surface area contributed by atoms with E-state index in [-0.39, 0.29) is 6.10 Å². The SMILES string of the molecule is CC(O)CCCC(=O)N1CCCC2CCCCC21. The van der Waals surface area contributed by atoms with Crippen LogP contribution in [0.15, 0.2) is 0 Å². The first kappa shape index (κ1) is 13.9. The molecule has 3 atom stereocenters. The van der Waals surface area contributed by atoms with E-state index in [4.69, 9.17) is 0 Å². The maximum atomic E-state index is 12.3. The van der Waals surface area contributed by atoms with Gasteiger partial charge in [0.2, 0.25) is 5.91 Å². The van der Waals surface area contributed by atoms with E-state index in [1.54, 1.807) is 6.92 Å². The van der Waals surface area contributed by atoms with Crippen molar-refractivity contribution >= 4 is 5.91 Å². The number of carbonyl (C=O) groups is 1. The van der Waals surface area contributed by atoms with Crippen LogP contribution in [0.4, 0.5) is 0 Å². The van der Waals surface area contributed by atoms with Crippen molar-refractivity contribution in [1.29, 1.82) is 0 Å². The largest absolute Gasteiger partial charge is 0.393 e. The highest BCUT2D eigenvalue weighted by Gasteiger charge is 2.35. The second-order valence-corrected chi connectivity index (χ2v) is 6.08. The zero-order valence-electron chi connectivity index (χ0n) is 11.6. The summed E-state index contributed by atoms with van der Waals surface area (Å²) in [5.41, 5.74) is 0. The molecule has 0 aromatic heterocycles. The Hall–Kier alpha value is -0.570. The van der Waals surface area contributed by atoms with Crippen molar-refractivity contribution in [2.75, 3.05) is 6.54 Å². The van der Waals surface area contributed by atoms with E-state index in [0.717, 1.165) is 25.3 Å². The van der Waals surface area contributed by atoms with Gasteiger partial charge in [-0.05, 0) is 51.4 Å². The highest BCUT2D eigenvalue weighted by Crippen LogP contribution is 2.35. The van der Waals surface area contributed by atoms with Crippen LogP contribution in [-0.2, 0) is 4.79 Å². The lowest BCUT2D eigenvalue weighted by Gasteiger charge is -2.44. The number of amides is 1. The van der Waals surface area contributed by atoms with Crippen LogP contribution in [0.5, 0.6) is 0 Å². The summed E-state index contributed by atoms with van der Waals surface area (Å²) >= 11 is 0. The summed E-state index contributed by atoms with van der Waals surface area (Å²) in [6.45, 7) is 2.76. The van der Waals surface area contributed by atoms with Gasteiger partial charge in [-0.3, -0.25) is 4.79 Å². The van der Waals surface area contributed by atoms with Gasteiger partial charge in [0.05, 0.1) is 6.10 Å². The molecule has 1 aliphatic heterocycles. The molecule has 0 radical (unpaired) electrons. The van der Waals surface area contributed by atoms with Gasteiger partial charge in [-0.15, -0.1) is 0 Å². The molecule has 1 aliphatic carbocycles. The van der Waals surface area contributed by atoms with Crippen LogP contribution in [0, 0.1) is 5.92 Å². The number of aliphatic hydroxyl groups is 1. The summed E-state index contributed by atoms with van der Waals surface area (Å²) < 4.78 is 0. The third kappa shape index (κ3) is 3.47. The van der Waals surface area contributed by atoms with Gasteiger partial charge in [-0.1, -0.05) is 12.8 Å². The number of hydrogen-bond acceptors (Lipinski definition) is 2. The predicted octanol–water partition coefficient (Wildman–Crippen LogP) is 2.72. The normalized spacial score (nSPS) is 29.8. The fourth-order valence-corrected chi connectivity index (χ4v) is 3.63. The Labute approximate surface area is 111 Å². The molecule has 1 heterocycles. The first-order chi connectivity index (χ1) is 8.68. The van der Waals surface area contributed by atoms with Gasteiger partial charge in [-0.2, -0.15) is 0 Å². The summed E-state index contributed by atoms with van der Waals surface area (Å²) in [7, 11) is 0. The van der Waals surface area contributed by atoms with Gasteiger partial charge in [0, 0.05) is 19.0 Å². The van der Waals surface area contributed by atoms with Crippen LogP contribution in [0.1, 0.15) is 64.7 Å². The van der Waals surface area contributed by atoms with Crippen molar-refractivity contribution in [3.05, 3.63) is 0 Å². The highest BCUT2D eigenvalue weighted by atomic mass is 16.3. The monoisotopic (exact) mass is 253 g/mol. The molecule has 104 valence electrons. The van der Waals surface area contributed by atoms with Crippen molar-refractivity contribution in [3.63, 3.8) is 0 Å². The summed E-state index contributed by atoms with van der Waals surface area (Å²) in [6.07, 6.45) is 9.60. The standard InChI is InChI=1S/C15H27NO2/c1-12(17)6-4-10-15(18)16-11-5-8-13-7-2-3-9-14(13)16/h12-14,17H,2-11H2,1H3. The van der Waals surface area contributed by atoms with E-state index in [1.165, 1.54) is 38.5 Å². The molecule has 3 unspecified atom stereocenters. The minimum absolute atomic E-state index is 0.276. The second kappa shape index (κ2) is 6.55. The molecule has 1 amide bonds. The number of piperidine rings is 1. The fourth-order valence-electron chi connectivity index (χ4n) is 3.63. The van der Waals surface area contributed by atoms with Crippen LogP contribution >= 0.6 is 0 Å². The first-order valence-electron chi connectivity index (χ1n) is 7.66. The molecule has 1 N–H and O–H groups in total. The Morgan fingerprint density at radius 2 is 2.00 bits per heavy atom. The van der Waals surface area contributed by atoms with E-state index < -0.39 is 0 Å². The Morgan fingerprint density at radius 3 is 2.78 bits per heavy atom. The lowest BCUT2D eigenvalue weighted by Crippen LogP contribution is -2.49. The molecule has 2 rings (SSSR count). The van der Waals surface area contributed by atoms with Crippen molar-refractivity contribution in [1.82, 2.24) is 4.90 Å². The van der Waals surface area contributed by atoms with Crippen molar-refractivity contribution in [3.8, 4) is 0 Å². The van der Waals surface area contributed by atoms with E-state index in [2.05, 4.69) is 4.90 Å². The van der Waals surface area contributed by atoms with Crippen molar-refractivity contribution in [2.24, 2.45) is 5.92 Å². The summed E-state index contributed by atoms with van der Waals surface area (Å²) in [6, 6.07) is 0.534. The summed E-state index contributed by atoms with van der Waals surface area (Å²) in [5.74, 6) is 1.10. The highest BCUT2D eigenvalue weighted by molar-refractivity contribution is 5.76. The molecule has 18 heavy (non-hydrogen) atoms. The minimum Gasteiger partial charge on any atom is -0.393 e. The fraction of sp³-hybridized carbons (Fsp3) is 0.933. The van der Waals surface area contributed by atoms with Gasteiger partial charge in [-0.25, -0.2) is 0 Å². The Morgan fingerprint density at radius 1 is 1.28 bits per heavy atom. The number of nitrogens with zero attached hydrogens (tertiary/aromatic N) is 1. The lowest BCUT2D eigenvalue weighted by molar-refractivity contribution is -0.137. The Kier molecular flexibility index (Phi) is 5.04. The van der Waals surface area contributed by atoms with Crippen LogP contribution in [0.2, 0.25) is 0 Å². The number of aliphatic hydroxyl groups excluding tert-OH is 1. The second-order valence-electron chi connectivity index (χ2n) is 6.08. The first-order valence-corrected chi connectivity index (χ1v) is 7.66. The van der Waals surface area contributed by atoms with Crippen molar-refractivity contribution in [2.45, 2.75) is 76.9 Å². The van der Waals surface area contributed by atoms with Gasteiger partial charge in [0.1, 0.15) is 0 Å². The molecule has 0 bridgehead atoms. The quantitative estimate of drug-likeness (QED) is 0.837. The Balaban J connectivity index is 1.84. The average Bonchev–Trinajstić information content (AvgIpc) is 2.37. The number of likely N-dealkylation sites (tertiary alicyclic amines) is 1. The van der Waals surface area contributed by atoms with Gasteiger partial charge >= 0.3 is 0 Å². The molecule has 2 aliphatic rings. The topological polar surface area (TPSA) is 40.5 Å². The molecule has 0 spiro atoms. The van der Waals surface area contributed by atoms with E-state index in [0.29, 0.717) is 18.4 Å². The third-order valence-electron chi connectivity index (χ3n) is 4.58. The van der Waals surface area contributed by atoms with E-state index >= 15 is 0 Å². The molecular formula is C15H27NO2. The Bertz CT molecular complexity index is 276. The van der Waals surface area contributed by atoms with Crippen LogP contribution in [0.25, 0.3) is 0 Å². The van der Waals surface area contributed by atoms with Gasteiger partial charge in [0.25, 0.3) is 0 Å². The maximum absolute atomic E-state index is 12.3. The molecule has 0 aromatic rings. The predicted molar refractivity (Wildman–Crippen MR) is 72.2 cm³/mol. The van der Waals surface area contributed by atoms with E-state index in [1.807, 2.05) is 0 Å². The minimum atomic E-state index is -0.276. The van der Waals surface area contributed by atoms with Crippen LogP contribution < -0.4 is 0 Å². The molecule has 3 heteroatoms. The molecule has 1 saturated heterocycles. The van der Waals surface area contributed by atoms with Crippen LogP contribution in [0.3, 0.4) is 0 Å². The number of hydrogen-bond donors (Lipinski definition) is 1. The van der Waals surface area contributed by atoms with Gasteiger partial charge < -0.3 is 10.0 Å². The third-order valence-corrected chi connectivity index (χ3v) is 4.58. The van der Waals surface area contributed by atoms with Gasteiger partial charge in [0.15, 0.2) is 0 Å². The molecular weight excluding hydrogens is 226 g/mol. The molecule has 2 fully saturated rings.